The average Bonchev–Trinajstić information content (AvgIpc) is 3.02. The molecule has 3 rings (SSSR count). The van der Waals surface area contributed by atoms with Gasteiger partial charge in [-0.3, -0.25) is 4.40 Å². The van der Waals surface area contributed by atoms with Gasteiger partial charge >= 0.3 is 0 Å². The molecule has 0 aliphatic rings. The van der Waals surface area contributed by atoms with Crippen LogP contribution in [0.4, 0.5) is 0 Å². The number of fused-ring (bicyclic) bond motifs is 1. The predicted octanol–water partition coefficient (Wildman–Crippen LogP) is 3.28. The Balaban J connectivity index is 1.94. The van der Waals surface area contributed by atoms with Crippen LogP contribution in [0, 0.1) is 6.92 Å². The fraction of sp³-hybridized carbons (Fsp3) is 0.286. The number of thiophene rings is 1. The maximum atomic E-state index is 6.17. The zero-order valence-electron chi connectivity index (χ0n) is 11.4. The van der Waals surface area contributed by atoms with Crippen LogP contribution in [0.1, 0.15) is 21.9 Å². The van der Waals surface area contributed by atoms with Gasteiger partial charge in [0.05, 0.1) is 5.25 Å². The van der Waals surface area contributed by atoms with Crippen molar-refractivity contribution in [1.82, 2.24) is 14.6 Å². The predicted molar refractivity (Wildman–Crippen MR) is 84.3 cm³/mol. The third-order valence-corrected chi connectivity index (χ3v) is 5.69. The second-order valence-electron chi connectivity index (χ2n) is 4.76. The largest absolute Gasteiger partial charge is 0.327 e. The van der Waals surface area contributed by atoms with E-state index >= 15 is 0 Å². The van der Waals surface area contributed by atoms with Gasteiger partial charge in [0, 0.05) is 22.0 Å². The molecule has 0 aromatic carbocycles. The normalized spacial score (nSPS) is 14.6. The third kappa shape index (κ3) is 2.59. The van der Waals surface area contributed by atoms with Gasteiger partial charge in [0.2, 0.25) is 0 Å². The van der Waals surface area contributed by atoms with E-state index in [9.17, 15) is 0 Å². The van der Waals surface area contributed by atoms with Gasteiger partial charge in [0.1, 0.15) is 0 Å². The van der Waals surface area contributed by atoms with Gasteiger partial charge in [0.25, 0.3) is 0 Å². The van der Waals surface area contributed by atoms with Crippen LogP contribution in [0.15, 0.2) is 41.7 Å². The summed E-state index contributed by atoms with van der Waals surface area (Å²) in [6.07, 6.45) is 1.98. The van der Waals surface area contributed by atoms with Gasteiger partial charge in [-0.2, -0.15) is 0 Å². The van der Waals surface area contributed by atoms with Crippen molar-refractivity contribution in [2.24, 2.45) is 5.73 Å². The molecule has 6 heteroatoms. The molecule has 0 saturated carbocycles. The van der Waals surface area contributed by atoms with Crippen molar-refractivity contribution in [2.75, 3.05) is 0 Å². The molecule has 3 aromatic rings. The topological polar surface area (TPSA) is 56.2 Å². The minimum Gasteiger partial charge on any atom is -0.327 e. The minimum atomic E-state index is 0.0501. The first kappa shape index (κ1) is 13.6. The first-order chi connectivity index (χ1) is 9.65. The zero-order chi connectivity index (χ0) is 14.1. The van der Waals surface area contributed by atoms with Gasteiger partial charge in [-0.25, -0.2) is 0 Å². The SMILES string of the molecule is Cc1ccc(C(Sc2nnc3ccccn23)C(C)N)s1. The smallest absolute Gasteiger partial charge is 0.196 e. The van der Waals surface area contributed by atoms with Crippen LogP contribution >= 0.6 is 23.1 Å². The highest BCUT2D eigenvalue weighted by molar-refractivity contribution is 7.99. The summed E-state index contributed by atoms with van der Waals surface area (Å²) in [6, 6.07) is 10.2. The first-order valence-corrected chi connectivity index (χ1v) is 8.13. The number of aryl methyl sites for hydroxylation is 1. The Morgan fingerprint density at radius 1 is 1.25 bits per heavy atom. The molecule has 4 nitrogen and oxygen atoms in total. The highest BCUT2D eigenvalue weighted by Gasteiger charge is 2.22. The summed E-state index contributed by atoms with van der Waals surface area (Å²) in [5.74, 6) is 0. The Morgan fingerprint density at radius 3 is 2.80 bits per heavy atom. The van der Waals surface area contributed by atoms with Crippen molar-refractivity contribution in [3.8, 4) is 0 Å². The Bertz CT molecular complexity index is 717. The van der Waals surface area contributed by atoms with E-state index in [1.807, 2.05) is 35.7 Å². The molecule has 2 unspecified atom stereocenters. The maximum Gasteiger partial charge on any atom is 0.196 e. The summed E-state index contributed by atoms with van der Waals surface area (Å²) in [7, 11) is 0. The minimum absolute atomic E-state index is 0.0501. The lowest BCUT2D eigenvalue weighted by Crippen LogP contribution is -2.22. The van der Waals surface area contributed by atoms with Crippen molar-refractivity contribution in [2.45, 2.75) is 30.3 Å². The molecular formula is C14H16N4S2. The van der Waals surface area contributed by atoms with Gasteiger partial charge in [0.15, 0.2) is 10.8 Å². The summed E-state index contributed by atoms with van der Waals surface area (Å²) in [5, 5.41) is 9.54. The molecule has 0 radical (unpaired) electrons. The molecule has 0 aliphatic heterocycles. The molecule has 0 bridgehead atoms. The molecule has 0 saturated heterocycles. The number of pyridine rings is 1. The van der Waals surface area contributed by atoms with E-state index in [1.165, 1.54) is 9.75 Å². The summed E-state index contributed by atoms with van der Waals surface area (Å²) >= 11 is 3.47. The molecule has 0 aliphatic carbocycles. The molecule has 0 fully saturated rings. The van der Waals surface area contributed by atoms with Gasteiger partial charge in [-0.05, 0) is 38.1 Å². The van der Waals surface area contributed by atoms with E-state index in [0.29, 0.717) is 0 Å². The third-order valence-electron chi connectivity index (χ3n) is 3.03. The van der Waals surface area contributed by atoms with Gasteiger partial charge < -0.3 is 5.73 Å². The lowest BCUT2D eigenvalue weighted by atomic mass is 10.2. The van der Waals surface area contributed by atoms with Crippen LogP contribution in [0.2, 0.25) is 0 Å². The summed E-state index contributed by atoms with van der Waals surface area (Å²) in [6.45, 7) is 4.15. The quantitative estimate of drug-likeness (QED) is 0.752. The Morgan fingerprint density at radius 2 is 2.10 bits per heavy atom. The molecule has 2 N–H and O–H groups in total. The fourth-order valence-corrected chi connectivity index (χ4v) is 4.30. The van der Waals surface area contributed by atoms with E-state index in [2.05, 4.69) is 29.3 Å². The molecular weight excluding hydrogens is 288 g/mol. The lowest BCUT2D eigenvalue weighted by Gasteiger charge is -2.17. The second kappa shape index (κ2) is 5.55. The monoisotopic (exact) mass is 304 g/mol. The van der Waals surface area contributed by atoms with Gasteiger partial charge in [-0.15, -0.1) is 21.5 Å². The van der Waals surface area contributed by atoms with Crippen LogP contribution < -0.4 is 5.73 Å². The molecule has 3 heterocycles. The fourth-order valence-electron chi connectivity index (χ4n) is 2.04. The van der Waals surface area contributed by atoms with Crippen LogP contribution in [0.3, 0.4) is 0 Å². The first-order valence-electron chi connectivity index (χ1n) is 6.43. The van der Waals surface area contributed by atoms with Crippen LogP contribution in [-0.2, 0) is 0 Å². The Kier molecular flexibility index (Phi) is 3.78. The zero-order valence-corrected chi connectivity index (χ0v) is 13.0. The standard InChI is InChI=1S/C14H16N4S2/c1-9-6-7-11(19-9)13(10(2)15)20-14-17-16-12-5-3-4-8-18(12)14/h3-8,10,13H,15H2,1-2H3. The van der Waals surface area contributed by atoms with Crippen molar-refractivity contribution >= 4 is 28.7 Å². The number of thioether (sulfide) groups is 1. The van der Waals surface area contributed by atoms with Crippen molar-refractivity contribution in [3.05, 3.63) is 46.3 Å². The van der Waals surface area contributed by atoms with Crippen LogP contribution in [-0.4, -0.2) is 20.6 Å². The van der Waals surface area contributed by atoms with Crippen LogP contribution in [0.25, 0.3) is 5.65 Å². The van der Waals surface area contributed by atoms with Crippen molar-refractivity contribution < 1.29 is 0 Å². The van der Waals surface area contributed by atoms with E-state index in [0.717, 1.165) is 10.8 Å². The Labute approximate surface area is 126 Å². The van der Waals surface area contributed by atoms with E-state index in [4.69, 9.17) is 5.73 Å². The van der Waals surface area contributed by atoms with Crippen molar-refractivity contribution in [1.29, 1.82) is 0 Å². The number of aromatic nitrogens is 3. The van der Waals surface area contributed by atoms with E-state index < -0.39 is 0 Å². The molecule has 2 atom stereocenters. The highest BCUT2D eigenvalue weighted by Crippen LogP contribution is 2.39. The van der Waals surface area contributed by atoms with Gasteiger partial charge in [-0.1, -0.05) is 17.8 Å². The molecule has 20 heavy (non-hydrogen) atoms. The molecule has 3 aromatic heterocycles. The highest BCUT2D eigenvalue weighted by atomic mass is 32.2. The maximum absolute atomic E-state index is 6.17. The molecule has 0 amide bonds. The Hall–Kier alpha value is -1.37. The number of hydrogen-bond acceptors (Lipinski definition) is 5. The van der Waals surface area contributed by atoms with E-state index in [-0.39, 0.29) is 11.3 Å². The van der Waals surface area contributed by atoms with Crippen molar-refractivity contribution in [3.63, 3.8) is 0 Å². The molecule has 0 spiro atoms. The number of hydrogen-bond donors (Lipinski definition) is 1. The number of nitrogens with two attached hydrogens (primary N) is 1. The number of rotatable bonds is 4. The lowest BCUT2D eigenvalue weighted by molar-refractivity contribution is 0.725. The number of nitrogens with zero attached hydrogens (tertiary/aromatic N) is 3. The summed E-state index contributed by atoms with van der Waals surface area (Å²) in [4.78, 5) is 2.59. The second-order valence-corrected chi connectivity index (χ2v) is 7.19. The summed E-state index contributed by atoms with van der Waals surface area (Å²) < 4.78 is 2.00. The summed E-state index contributed by atoms with van der Waals surface area (Å²) in [5.41, 5.74) is 7.03. The average molecular weight is 304 g/mol. The van der Waals surface area contributed by atoms with Crippen LogP contribution in [0.5, 0.6) is 0 Å². The van der Waals surface area contributed by atoms with E-state index in [1.54, 1.807) is 23.1 Å². The molecule has 104 valence electrons.